The third-order valence-electron chi connectivity index (χ3n) is 2.26. The molecule has 0 saturated carbocycles. The molecule has 0 aromatic heterocycles. The van der Waals surface area contributed by atoms with Gasteiger partial charge in [0.15, 0.2) is 0 Å². The normalized spacial score (nSPS) is 33.8. The first kappa shape index (κ1) is 8.97. The Hall–Kier alpha value is -0.120. The Morgan fingerprint density at radius 2 is 2.00 bits per heavy atom. The molecule has 1 N–H and O–H groups in total. The zero-order valence-electron chi connectivity index (χ0n) is 7.58. The summed E-state index contributed by atoms with van der Waals surface area (Å²) in [5, 5.41) is 9.47. The van der Waals surface area contributed by atoms with Crippen molar-refractivity contribution in [3.8, 4) is 0 Å². The Morgan fingerprint density at radius 3 is 2.36 bits per heavy atom. The van der Waals surface area contributed by atoms with E-state index in [-0.39, 0.29) is 6.04 Å². The number of quaternary nitrogens is 1. The molecule has 66 valence electrons. The molecule has 3 heteroatoms. The molecule has 11 heavy (non-hydrogen) atoms. The van der Waals surface area contributed by atoms with E-state index in [1.165, 1.54) is 0 Å². The van der Waals surface area contributed by atoms with Gasteiger partial charge in [-0.2, -0.15) is 0 Å². The van der Waals surface area contributed by atoms with Crippen LogP contribution in [0.5, 0.6) is 0 Å². The molecule has 0 radical (unpaired) electrons. The summed E-state index contributed by atoms with van der Waals surface area (Å²) in [6, 6.07) is 0.240. The van der Waals surface area contributed by atoms with Crippen LogP contribution in [0.1, 0.15) is 12.8 Å². The van der Waals surface area contributed by atoms with Crippen molar-refractivity contribution >= 4 is 0 Å². The van der Waals surface area contributed by atoms with Crippen molar-refractivity contribution in [3.63, 3.8) is 0 Å². The molecule has 3 nitrogen and oxygen atoms in total. The molecule has 0 aromatic carbocycles. The molecule has 2 atom stereocenters. The molecule has 1 saturated heterocycles. The van der Waals surface area contributed by atoms with E-state index in [4.69, 9.17) is 4.74 Å². The maximum Gasteiger partial charge on any atom is 0.208 e. The van der Waals surface area contributed by atoms with Crippen LogP contribution < -0.4 is 0 Å². The fourth-order valence-corrected chi connectivity index (χ4v) is 1.52. The van der Waals surface area contributed by atoms with Gasteiger partial charge in [0.2, 0.25) is 6.29 Å². The molecule has 1 aliphatic rings. The summed E-state index contributed by atoms with van der Waals surface area (Å²) in [7, 11) is 6.26. The highest BCUT2D eigenvalue weighted by Crippen LogP contribution is 2.19. The molecule has 1 rings (SSSR count). The summed E-state index contributed by atoms with van der Waals surface area (Å²) in [5.41, 5.74) is 0. The van der Waals surface area contributed by atoms with Crippen molar-refractivity contribution < 1.29 is 14.3 Å². The van der Waals surface area contributed by atoms with Crippen LogP contribution in [0.2, 0.25) is 0 Å². The van der Waals surface area contributed by atoms with Crippen molar-refractivity contribution in [1.29, 1.82) is 0 Å². The minimum Gasteiger partial charge on any atom is -0.363 e. The lowest BCUT2D eigenvalue weighted by atomic mass is 10.1. The lowest BCUT2D eigenvalue weighted by molar-refractivity contribution is -0.904. The van der Waals surface area contributed by atoms with E-state index in [1.54, 1.807) is 0 Å². The van der Waals surface area contributed by atoms with Gasteiger partial charge in [-0.15, -0.1) is 0 Å². The second-order valence-electron chi connectivity index (χ2n) is 4.09. The lowest BCUT2D eigenvalue weighted by Gasteiger charge is -2.39. The monoisotopic (exact) mass is 160 g/mol. The Bertz CT molecular complexity index is 131. The minimum absolute atomic E-state index is 0.240. The van der Waals surface area contributed by atoms with Crippen LogP contribution in [0.15, 0.2) is 0 Å². The van der Waals surface area contributed by atoms with Crippen LogP contribution in [0.3, 0.4) is 0 Å². The van der Waals surface area contributed by atoms with Gasteiger partial charge < -0.3 is 14.3 Å². The minimum atomic E-state index is -0.566. The van der Waals surface area contributed by atoms with Crippen molar-refractivity contribution in [3.05, 3.63) is 0 Å². The Kier molecular flexibility index (Phi) is 2.52. The molecular formula is C8H18NO2+. The third kappa shape index (κ3) is 2.15. The highest BCUT2D eigenvalue weighted by molar-refractivity contribution is 4.65. The van der Waals surface area contributed by atoms with Gasteiger partial charge in [0.05, 0.1) is 27.7 Å². The molecule has 0 spiro atoms. The first-order valence-electron chi connectivity index (χ1n) is 4.12. The third-order valence-corrected chi connectivity index (χ3v) is 2.26. The second-order valence-corrected chi connectivity index (χ2v) is 4.09. The first-order chi connectivity index (χ1) is 5.02. The van der Waals surface area contributed by atoms with E-state index < -0.39 is 6.29 Å². The van der Waals surface area contributed by atoms with E-state index in [0.717, 1.165) is 17.3 Å². The van der Waals surface area contributed by atoms with Gasteiger partial charge in [0, 0.05) is 6.42 Å². The number of ether oxygens (including phenoxy) is 1. The van der Waals surface area contributed by atoms with Crippen LogP contribution in [0.25, 0.3) is 0 Å². The standard InChI is InChI=1S/C8H18NO2/c1-9(2,3)7-5-4-6-11-8(7)10/h7-8,10H,4-6H2,1-3H3/q+1. The number of aliphatic hydroxyl groups excluding tert-OH is 1. The van der Waals surface area contributed by atoms with E-state index in [0.29, 0.717) is 6.61 Å². The van der Waals surface area contributed by atoms with Gasteiger partial charge in [0.1, 0.15) is 6.04 Å². The van der Waals surface area contributed by atoms with Gasteiger partial charge in [-0.3, -0.25) is 0 Å². The predicted molar refractivity (Wildman–Crippen MR) is 43.0 cm³/mol. The van der Waals surface area contributed by atoms with Crippen LogP contribution in [-0.4, -0.2) is 49.7 Å². The topological polar surface area (TPSA) is 29.5 Å². The maximum atomic E-state index is 9.47. The van der Waals surface area contributed by atoms with Gasteiger partial charge >= 0.3 is 0 Å². The highest BCUT2D eigenvalue weighted by Gasteiger charge is 2.34. The van der Waals surface area contributed by atoms with Crippen LogP contribution in [-0.2, 0) is 4.74 Å². The van der Waals surface area contributed by atoms with E-state index in [1.807, 2.05) is 0 Å². The van der Waals surface area contributed by atoms with Crippen LogP contribution >= 0.6 is 0 Å². The Morgan fingerprint density at radius 1 is 1.36 bits per heavy atom. The number of aliphatic hydroxyl groups is 1. The van der Waals surface area contributed by atoms with Gasteiger partial charge in [-0.25, -0.2) is 0 Å². The zero-order valence-corrected chi connectivity index (χ0v) is 7.58. The quantitative estimate of drug-likeness (QED) is 0.555. The van der Waals surface area contributed by atoms with E-state index in [9.17, 15) is 5.11 Å². The average molecular weight is 160 g/mol. The zero-order chi connectivity index (χ0) is 8.48. The summed E-state index contributed by atoms with van der Waals surface area (Å²) < 4.78 is 5.94. The molecule has 1 fully saturated rings. The first-order valence-corrected chi connectivity index (χ1v) is 4.12. The van der Waals surface area contributed by atoms with Crippen molar-refractivity contribution in [1.82, 2.24) is 0 Å². The maximum absolute atomic E-state index is 9.47. The molecule has 0 bridgehead atoms. The smallest absolute Gasteiger partial charge is 0.208 e. The molecule has 0 aliphatic carbocycles. The van der Waals surface area contributed by atoms with Crippen molar-refractivity contribution in [2.45, 2.75) is 25.2 Å². The van der Waals surface area contributed by atoms with Crippen molar-refractivity contribution in [2.24, 2.45) is 0 Å². The fraction of sp³-hybridized carbons (Fsp3) is 1.00. The summed E-state index contributed by atoms with van der Waals surface area (Å²) in [5.74, 6) is 0. The largest absolute Gasteiger partial charge is 0.363 e. The van der Waals surface area contributed by atoms with Gasteiger partial charge in [-0.1, -0.05) is 0 Å². The van der Waals surface area contributed by atoms with Gasteiger partial charge in [0.25, 0.3) is 0 Å². The highest BCUT2D eigenvalue weighted by atomic mass is 16.6. The summed E-state index contributed by atoms with van der Waals surface area (Å²) in [6.45, 7) is 0.706. The van der Waals surface area contributed by atoms with E-state index >= 15 is 0 Å². The van der Waals surface area contributed by atoms with Crippen LogP contribution in [0.4, 0.5) is 0 Å². The summed E-state index contributed by atoms with van der Waals surface area (Å²) in [6.07, 6.45) is 1.56. The molecular weight excluding hydrogens is 142 g/mol. The average Bonchev–Trinajstić information content (AvgIpc) is 1.86. The Labute approximate surface area is 68.2 Å². The molecule has 2 unspecified atom stereocenters. The summed E-state index contributed by atoms with van der Waals surface area (Å²) >= 11 is 0. The number of hydrogen-bond acceptors (Lipinski definition) is 2. The predicted octanol–water partition coefficient (Wildman–Crippen LogP) is 0.190. The number of nitrogens with zero attached hydrogens (tertiary/aromatic N) is 1. The van der Waals surface area contributed by atoms with E-state index in [2.05, 4.69) is 21.1 Å². The number of rotatable bonds is 1. The molecule has 0 amide bonds. The number of hydrogen-bond donors (Lipinski definition) is 1. The molecule has 0 aromatic rings. The SMILES string of the molecule is C[N+](C)(C)C1CCCOC1O. The van der Waals surface area contributed by atoms with Crippen molar-refractivity contribution in [2.75, 3.05) is 27.7 Å². The van der Waals surface area contributed by atoms with Gasteiger partial charge in [-0.05, 0) is 6.42 Å². The fourth-order valence-electron chi connectivity index (χ4n) is 1.52. The Balaban J connectivity index is 2.55. The lowest BCUT2D eigenvalue weighted by Crippen LogP contribution is -2.54. The molecule has 1 heterocycles. The number of likely N-dealkylation sites (N-methyl/N-ethyl adjacent to an activating group) is 1. The second kappa shape index (κ2) is 3.09. The summed E-state index contributed by atoms with van der Waals surface area (Å²) in [4.78, 5) is 0. The van der Waals surface area contributed by atoms with Crippen LogP contribution in [0, 0.1) is 0 Å². The molecule has 1 aliphatic heterocycles.